The molecule has 2 aliphatic heterocycles. The number of carbonyl (C=O) groups excluding carboxylic acids is 2. The summed E-state index contributed by atoms with van der Waals surface area (Å²) in [7, 11) is 0. The Morgan fingerprint density at radius 3 is 2.25 bits per heavy atom. The lowest BCUT2D eigenvalue weighted by Gasteiger charge is -2.64. The number of rotatable bonds is 7. The van der Waals surface area contributed by atoms with Crippen molar-refractivity contribution in [2.75, 3.05) is 6.61 Å². The van der Waals surface area contributed by atoms with Gasteiger partial charge in [0.15, 0.2) is 12.1 Å². The van der Waals surface area contributed by atoms with Crippen molar-refractivity contribution in [3.8, 4) is 0 Å². The van der Waals surface area contributed by atoms with E-state index in [0.717, 1.165) is 32.1 Å². The molecule has 7 fully saturated rings. The molecule has 48 heavy (non-hydrogen) atoms. The van der Waals surface area contributed by atoms with Gasteiger partial charge in [0, 0.05) is 30.1 Å². The first-order valence-corrected chi connectivity index (χ1v) is 18.3. The van der Waals surface area contributed by atoms with Crippen molar-refractivity contribution in [1.82, 2.24) is 0 Å². The second-order valence-corrected chi connectivity index (χ2v) is 18.5. The first kappa shape index (κ1) is 35.2. The molecule has 2 spiro atoms. The molecule has 2 saturated heterocycles. The third-order valence-corrected chi connectivity index (χ3v) is 15.7. The van der Waals surface area contributed by atoms with Gasteiger partial charge in [-0.1, -0.05) is 34.6 Å². The average Bonchev–Trinajstić information content (AvgIpc) is 3.86. The van der Waals surface area contributed by atoms with Crippen molar-refractivity contribution in [2.45, 2.75) is 161 Å². The number of aliphatic hydroxyl groups excluding tert-OH is 5. The highest BCUT2D eigenvalue weighted by Crippen LogP contribution is 2.88. The first-order chi connectivity index (χ1) is 22.2. The summed E-state index contributed by atoms with van der Waals surface area (Å²) in [5.41, 5.74) is -2.52. The number of epoxide rings is 1. The van der Waals surface area contributed by atoms with Crippen molar-refractivity contribution in [1.29, 1.82) is 0 Å². The highest BCUT2D eigenvalue weighted by molar-refractivity contribution is 5.90. The van der Waals surface area contributed by atoms with Crippen LogP contribution in [0.4, 0.5) is 0 Å². The monoisotopic (exact) mass is 678 g/mol. The van der Waals surface area contributed by atoms with Crippen LogP contribution in [0.1, 0.15) is 100 Å². The zero-order valence-corrected chi connectivity index (χ0v) is 29.8. The molecular formula is C37H58O11. The van der Waals surface area contributed by atoms with Crippen molar-refractivity contribution in [3.63, 3.8) is 0 Å². The third-order valence-electron chi connectivity index (χ3n) is 15.7. The number of ether oxygens (including phenoxy) is 4. The number of aliphatic hydroxyl groups is 5. The molecule has 0 aromatic carbocycles. The summed E-state index contributed by atoms with van der Waals surface area (Å²) in [6.45, 7) is 15.9. The molecule has 0 aromatic heterocycles. The fourth-order valence-electron chi connectivity index (χ4n) is 13.2. The maximum Gasteiger partial charge on any atom is 0.302 e. The standard InChI is InChI=1S/C37H58O11/c1-17(13-20(46-18(2)38)30-33(5,6)48-30)25-27(42)29(44)35(8)22-10-9-21-32(3,4)24(47-31-28(43)26(41)19(39)15-45-31)14-23(40)37(21)16-36(22,37)12-11-34(25,35)7/h17,19-26,28-31,39-41,43-44H,9-16H2,1-8H3/t17-,19-,20-,21+,22+,23+,24+,25+,26+,28-,29+,30-,31+,34-,35-,36+,37-/m1/s1. The second kappa shape index (κ2) is 10.9. The molecule has 5 N–H and O–H groups in total. The lowest BCUT2D eigenvalue weighted by molar-refractivity contribution is -0.309. The molecule has 7 rings (SSSR count). The van der Waals surface area contributed by atoms with Crippen molar-refractivity contribution in [3.05, 3.63) is 0 Å². The van der Waals surface area contributed by atoms with Gasteiger partial charge in [0.05, 0.1) is 24.4 Å². The van der Waals surface area contributed by atoms with Gasteiger partial charge in [-0.3, -0.25) is 9.59 Å². The van der Waals surface area contributed by atoms with Crippen LogP contribution in [0.15, 0.2) is 0 Å². The van der Waals surface area contributed by atoms with Gasteiger partial charge in [0.1, 0.15) is 36.6 Å². The molecule has 2 heterocycles. The molecule has 272 valence electrons. The molecular weight excluding hydrogens is 620 g/mol. The molecule has 0 amide bonds. The second-order valence-electron chi connectivity index (χ2n) is 18.5. The van der Waals surface area contributed by atoms with Crippen LogP contribution in [0.5, 0.6) is 0 Å². The fourth-order valence-corrected chi connectivity index (χ4v) is 13.2. The van der Waals surface area contributed by atoms with E-state index in [1.165, 1.54) is 6.92 Å². The van der Waals surface area contributed by atoms with Crippen LogP contribution >= 0.6 is 0 Å². The number of hydrogen-bond donors (Lipinski definition) is 5. The van der Waals surface area contributed by atoms with Gasteiger partial charge in [-0.05, 0) is 86.4 Å². The fraction of sp³-hybridized carbons (Fsp3) is 0.946. The van der Waals surface area contributed by atoms with Gasteiger partial charge >= 0.3 is 5.97 Å². The van der Waals surface area contributed by atoms with Crippen LogP contribution in [0, 0.1) is 50.7 Å². The Balaban J connectivity index is 1.14. The van der Waals surface area contributed by atoms with Crippen LogP contribution in [0.3, 0.4) is 0 Å². The summed E-state index contributed by atoms with van der Waals surface area (Å²) in [5.74, 6) is -0.874. The van der Waals surface area contributed by atoms with Crippen LogP contribution in [-0.2, 0) is 28.5 Å². The maximum absolute atomic E-state index is 14.3. The third kappa shape index (κ3) is 4.47. The van der Waals surface area contributed by atoms with Gasteiger partial charge < -0.3 is 44.5 Å². The average molecular weight is 679 g/mol. The minimum Gasteiger partial charge on any atom is -0.460 e. The number of Topliss-reactive ketones (excluding diaryl/α,β-unsaturated/α-hetero) is 1. The van der Waals surface area contributed by atoms with Crippen LogP contribution in [0.2, 0.25) is 0 Å². The van der Waals surface area contributed by atoms with E-state index < -0.39 is 71.2 Å². The van der Waals surface area contributed by atoms with E-state index >= 15 is 0 Å². The van der Waals surface area contributed by atoms with Gasteiger partial charge in [0.25, 0.3) is 0 Å². The number of hydrogen-bond acceptors (Lipinski definition) is 11. The predicted molar refractivity (Wildman–Crippen MR) is 171 cm³/mol. The van der Waals surface area contributed by atoms with E-state index in [0.29, 0.717) is 12.8 Å². The van der Waals surface area contributed by atoms with Gasteiger partial charge in [-0.15, -0.1) is 0 Å². The van der Waals surface area contributed by atoms with E-state index in [4.69, 9.17) is 18.9 Å². The number of ketones is 1. The summed E-state index contributed by atoms with van der Waals surface area (Å²) < 4.78 is 23.6. The summed E-state index contributed by atoms with van der Waals surface area (Å²) in [5, 5.41) is 54.9. The Kier molecular flexibility index (Phi) is 8.01. The minimum absolute atomic E-state index is 0.0502. The van der Waals surface area contributed by atoms with E-state index in [2.05, 4.69) is 34.6 Å². The van der Waals surface area contributed by atoms with E-state index in [1.807, 2.05) is 13.8 Å². The lowest BCUT2D eigenvalue weighted by atomic mass is 9.41. The molecule has 5 aliphatic carbocycles. The van der Waals surface area contributed by atoms with E-state index in [-0.39, 0.29) is 58.6 Å². The van der Waals surface area contributed by atoms with E-state index in [1.54, 1.807) is 0 Å². The summed E-state index contributed by atoms with van der Waals surface area (Å²) in [6.07, 6.45) is -3.10. The molecule has 11 nitrogen and oxygen atoms in total. The van der Waals surface area contributed by atoms with Crippen LogP contribution in [-0.4, -0.2) is 105 Å². The minimum atomic E-state index is -1.40. The molecule has 11 heteroatoms. The predicted octanol–water partition coefficient (Wildman–Crippen LogP) is 2.51. The Hall–Kier alpha value is -1.18. The van der Waals surface area contributed by atoms with Crippen LogP contribution in [0.25, 0.3) is 0 Å². The summed E-state index contributed by atoms with van der Waals surface area (Å²) in [4.78, 5) is 26.3. The molecule has 0 bridgehead atoms. The normalized spacial score (nSPS) is 54.2. The number of esters is 1. The molecule has 0 aromatic rings. The first-order valence-electron chi connectivity index (χ1n) is 18.3. The molecule has 0 unspecified atom stereocenters. The smallest absolute Gasteiger partial charge is 0.302 e. The van der Waals surface area contributed by atoms with Gasteiger partial charge in [-0.25, -0.2) is 0 Å². The largest absolute Gasteiger partial charge is 0.460 e. The Labute approximate surface area is 284 Å². The topological polar surface area (TPSA) is 176 Å². The lowest BCUT2D eigenvalue weighted by Crippen LogP contribution is -2.63. The molecule has 5 saturated carbocycles. The number of carbonyl (C=O) groups is 2. The Bertz CT molecular complexity index is 1330. The number of fused-ring (bicyclic) bond motifs is 2. The zero-order chi connectivity index (χ0) is 35.1. The van der Waals surface area contributed by atoms with E-state index in [9.17, 15) is 35.1 Å². The molecule has 0 radical (unpaired) electrons. The molecule has 17 atom stereocenters. The summed E-state index contributed by atoms with van der Waals surface area (Å²) >= 11 is 0. The zero-order valence-electron chi connectivity index (χ0n) is 29.8. The van der Waals surface area contributed by atoms with Crippen LogP contribution < -0.4 is 0 Å². The SMILES string of the molecule is CC(=O)O[C@H](C[C@@H](C)[C@H]1C(=O)[C@H](O)[C@@]2(C)[C@@H]3CC[C@H]4C(C)(C)[C@@H](O[C@@H]5OC[C@@H](O)[C@H](O)[C@H]5O)C[C@H](O)[C@@]45C[C@@]35CC[C@]12C)[C@H]1OC1(C)C. The highest BCUT2D eigenvalue weighted by atomic mass is 16.7. The molecule has 7 aliphatic rings. The van der Waals surface area contributed by atoms with Crippen molar-refractivity contribution >= 4 is 11.8 Å². The van der Waals surface area contributed by atoms with Crippen molar-refractivity contribution in [2.24, 2.45) is 50.7 Å². The van der Waals surface area contributed by atoms with Gasteiger partial charge in [-0.2, -0.15) is 0 Å². The van der Waals surface area contributed by atoms with Crippen molar-refractivity contribution < 1.29 is 54.1 Å². The Morgan fingerprint density at radius 2 is 1.62 bits per heavy atom. The Morgan fingerprint density at radius 1 is 0.979 bits per heavy atom. The summed E-state index contributed by atoms with van der Waals surface area (Å²) in [6, 6.07) is 0. The highest BCUT2D eigenvalue weighted by Gasteiger charge is 2.86. The quantitative estimate of drug-likeness (QED) is 0.152. The van der Waals surface area contributed by atoms with Gasteiger partial charge in [0.2, 0.25) is 0 Å². The maximum atomic E-state index is 14.3.